The van der Waals surface area contributed by atoms with Crippen molar-refractivity contribution in [1.82, 2.24) is 15.0 Å². The maximum atomic E-state index is 9.42. The van der Waals surface area contributed by atoms with Crippen molar-refractivity contribution in [2.45, 2.75) is 31.3 Å². The Morgan fingerprint density at radius 2 is 2.32 bits per heavy atom. The van der Waals surface area contributed by atoms with Crippen LogP contribution >= 0.6 is 11.3 Å². The van der Waals surface area contributed by atoms with Crippen LogP contribution in [0.25, 0.3) is 0 Å². The lowest BCUT2D eigenvalue weighted by Gasteiger charge is -2.35. The monoisotopic (exact) mass is 361 g/mol. The van der Waals surface area contributed by atoms with Crippen molar-refractivity contribution in [3.05, 3.63) is 40.0 Å². The summed E-state index contributed by atoms with van der Waals surface area (Å²) in [6.07, 6.45) is 8.57. The van der Waals surface area contributed by atoms with Gasteiger partial charge in [-0.1, -0.05) is 6.08 Å². The van der Waals surface area contributed by atoms with Gasteiger partial charge in [0, 0.05) is 24.4 Å². The molecule has 4 aliphatic heterocycles. The number of hydrazine groups is 1. The number of morpholine rings is 1. The quantitative estimate of drug-likeness (QED) is 0.780. The number of allylic oxidation sites excluding steroid dienone is 2. The first-order chi connectivity index (χ1) is 12.2. The van der Waals surface area contributed by atoms with Gasteiger partial charge in [0.15, 0.2) is 5.84 Å². The lowest BCUT2D eigenvalue weighted by atomic mass is 9.96. The van der Waals surface area contributed by atoms with Crippen molar-refractivity contribution < 1.29 is 9.84 Å². The van der Waals surface area contributed by atoms with Gasteiger partial charge < -0.3 is 14.7 Å². The summed E-state index contributed by atoms with van der Waals surface area (Å²) in [5, 5.41) is 18.5. The van der Waals surface area contributed by atoms with Crippen LogP contribution in [0.15, 0.2) is 34.4 Å². The van der Waals surface area contributed by atoms with Gasteiger partial charge in [-0.3, -0.25) is 0 Å². The lowest BCUT2D eigenvalue weighted by Crippen LogP contribution is -2.44. The molecule has 2 atom stereocenters. The number of rotatable bonds is 2. The van der Waals surface area contributed by atoms with Crippen molar-refractivity contribution in [3.8, 4) is 0 Å². The van der Waals surface area contributed by atoms with E-state index in [-0.39, 0.29) is 18.6 Å². The van der Waals surface area contributed by atoms with Crippen molar-refractivity contribution in [2.24, 2.45) is 10.9 Å². The largest absolute Gasteiger partial charge is 0.396 e. The Morgan fingerprint density at radius 3 is 3.16 bits per heavy atom. The van der Waals surface area contributed by atoms with Crippen LogP contribution < -0.4 is 5.84 Å². The fourth-order valence-electron chi connectivity index (χ4n) is 3.44. The Balaban J connectivity index is 1.69. The third kappa shape index (κ3) is 3.48. The normalized spacial score (nSPS) is 28.4. The molecule has 25 heavy (non-hydrogen) atoms. The molecule has 0 aromatic carbocycles. The second-order valence-electron chi connectivity index (χ2n) is 6.47. The number of thiazole rings is 1. The first-order valence-corrected chi connectivity index (χ1v) is 9.57. The van der Waals surface area contributed by atoms with E-state index >= 15 is 0 Å². The highest BCUT2D eigenvalue weighted by Gasteiger charge is 2.28. The van der Waals surface area contributed by atoms with Gasteiger partial charge in [0.05, 0.1) is 24.5 Å². The molecular weight excluding hydrogens is 338 g/mol. The smallest absolute Gasteiger partial charge is 0.150 e. The van der Waals surface area contributed by atoms with E-state index in [1.54, 1.807) is 11.3 Å². The molecule has 7 nitrogen and oxygen atoms in total. The first-order valence-electron chi connectivity index (χ1n) is 8.69. The summed E-state index contributed by atoms with van der Waals surface area (Å²) < 4.78 is 5.96. The number of amidine groups is 1. The number of nitrogens with two attached hydrogens (primary N) is 1. The molecule has 0 amide bonds. The second kappa shape index (κ2) is 7.25. The van der Waals surface area contributed by atoms with E-state index in [1.807, 2.05) is 12.2 Å². The average Bonchev–Trinajstić information content (AvgIpc) is 3.12. The van der Waals surface area contributed by atoms with Crippen LogP contribution in [0.4, 0.5) is 0 Å². The molecule has 1 saturated heterocycles. The van der Waals surface area contributed by atoms with E-state index in [2.05, 4.69) is 21.5 Å². The first kappa shape index (κ1) is 16.7. The predicted molar refractivity (Wildman–Crippen MR) is 96.7 cm³/mol. The molecule has 5 rings (SSSR count). The lowest BCUT2D eigenvalue weighted by molar-refractivity contribution is -0.00733. The Kier molecular flexibility index (Phi) is 4.85. The molecule has 1 fully saturated rings. The summed E-state index contributed by atoms with van der Waals surface area (Å²) in [4.78, 5) is 7.03. The van der Waals surface area contributed by atoms with E-state index in [0.29, 0.717) is 19.6 Å². The van der Waals surface area contributed by atoms with Gasteiger partial charge in [0.25, 0.3) is 0 Å². The minimum absolute atomic E-state index is 0.0514. The molecule has 134 valence electrons. The molecule has 0 saturated carbocycles. The Bertz CT molecular complexity index is 714. The van der Waals surface area contributed by atoms with Crippen LogP contribution in [-0.4, -0.2) is 52.2 Å². The van der Waals surface area contributed by atoms with Gasteiger partial charge in [-0.05, 0) is 31.4 Å². The second-order valence-corrected chi connectivity index (χ2v) is 7.36. The van der Waals surface area contributed by atoms with Gasteiger partial charge in [-0.25, -0.2) is 10.8 Å². The van der Waals surface area contributed by atoms with Crippen LogP contribution in [-0.2, 0) is 4.74 Å². The third-order valence-electron chi connectivity index (χ3n) is 4.85. The SMILES string of the molecule is NN1N=C2C=C/C1=C\CCC(CCO)c1csc(n1)C1CN2CCO1. The topological polar surface area (TPSA) is 87.2 Å². The summed E-state index contributed by atoms with van der Waals surface area (Å²) >= 11 is 1.65. The number of hydrogen-bond donors (Lipinski definition) is 2. The van der Waals surface area contributed by atoms with Crippen molar-refractivity contribution >= 4 is 17.2 Å². The number of aliphatic hydroxyl groups excluding tert-OH is 1. The molecule has 3 N–H and O–H groups in total. The van der Waals surface area contributed by atoms with Gasteiger partial charge in [-0.2, -0.15) is 5.12 Å². The fraction of sp³-hybridized carbons (Fsp3) is 0.529. The van der Waals surface area contributed by atoms with E-state index in [9.17, 15) is 5.11 Å². The number of hydrazone groups is 1. The molecule has 0 radical (unpaired) electrons. The standard InChI is InChI=1S/C17H23N5O2S/c18-22-13-3-1-2-12(6-8-23)14-11-25-17(19-14)15-10-21(7-9-24-15)16(20-22)5-4-13/h3-5,11-12,15,23H,1-2,6-10,18H2/b13-3+. The zero-order valence-electron chi connectivity index (χ0n) is 14.0. The number of aromatic nitrogens is 1. The number of aliphatic hydroxyl groups is 1. The van der Waals surface area contributed by atoms with Crippen LogP contribution in [0, 0.1) is 0 Å². The minimum Gasteiger partial charge on any atom is -0.396 e. The molecule has 4 aliphatic rings. The Labute approximate surface area is 151 Å². The zero-order chi connectivity index (χ0) is 17.2. The highest BCUT2D eigenvalue weighted by molar-refractivity contribution is 7.09. The molecule has 8 heteroatoms. The van der Waals surface area contributed by atoms with Crippen molar-refractivity contribution in [1.29, 1.82) is 0 Å². The third-order valence-corrected chi connectivity index (χ3v) is 5.80. The van der Waals surface area contributed by atoms with Gasteiger partial charge in [0.1, 0.15) is 11.1 Å². The molecule has 6 bridgehead atoms. The Morgan fingerprint density at radius 1 is 1.40 bits per heavy atom. The van der Waals surface area contributed by atoms with Crippen LogP contribution in [0.2, 0.25) is 0 Å². The summed E-state index contributed by atoms with van der Waals surface area (Å²) in [5.74, 6) is 7.19. The molecule has 0 aliphatic carbocycles. The maximum Gasteiger partial charge on any atom is 0.150 e. The summed E-state index contributed by atoms with van der Waals surface area (Å²) in [6, 6.07) is 0. The minimum atomic E-state index is -0.0514. The van der Waals surface area contributed by atoms with Gasteiger partial charge in [-0.15, -0.1) is 16.4 Å². The van der Waals surface area contributed by atoms with Crippen LogP contribution in [0.1, 0.15) is 42.0 Å². The molecule has 2 unspecified atom stereocenters. The number of hydrogen-bond acceptors (Lipinski definition) is 8. The highest BCUT2D eigenvalue weighted by atomic mass is 32.1. The van der Waals surface area contributed by atoms with E-state index in [1.165, 1.54) is 5.12 Å². The predicted octanol–water partition coefficient (Wildman–Crippen LogP) is 1.72. The van der Waals surface area contributed by atoms with E-state index in [0.717, 1.165) is 41.6 Å². The zero-order valence-corrected chi connectivity index (χ0v) is 14.9. The molecule has 0 spiro atoms. The summed E-state index contributed by atoms with van der Waals surface area (Å²) in [6.45, 7) is 2.31. The molecular formula is C17H23N5O2S. The van der Waals surface area contributed by atoms with Gasteiger partial charge >= 0.3 is 0 Å². The Hall–Kier alpha value is -1.74. The van der Waals surface area contributed by atoms with Crippen molar-refractivity contribution in [2.75, 3.05) is 26.3 Å². The number of nitrogens with zero attached hydrogens (tertiary/aromatic N) is 4. The summed E-state index contributed by atoms with van der Waals surface area (Å²) in [5.41, 5.74) is 1.96. The molecule has 1 aromatic heterocycles. The van der Waals surface area contributed by atoms with Crippen LogP contribution in [0.5, 0.6) is 0 Å². The number of fused-ring (bicyclic) bond motifs is 4. The maximum absolute atomic E-state index is 9.42. The fourth-order valence-corrected chi connectivity index (χ4v) is 4.38. The van der Waals surface area contributed by atoms with E-state index in [4.69, 9.17) is 15.6 Å². The summed E-state index contributed by atoms with van der Waals surface area (Å²) in [7, 11) is 0. The highest BCUT2D eigenvalue weighted by Crippen LogP contribution is 2.32. The van der Waals surface area contributed by atoms with Crippen molar-refractivity contribution in [3.63, 3.8) is 0 Å². The molecule has 5 heterocycles. The van der Waals surface area contributed by atoms with Crippen LogP contribution in [0.3, 0.4) is 0 Å². The van der Waals surface area contributed by atoms with Gasteiger partial charge in [0.2, 0.25) is 0 Å². The number of ether oxygens (including phenoxy) is 1. The average molecular weight is 361 g/mol. The molecule has 1 aromatic rings. The van der Waals surface area contributed by atoms with E-state index < -0.39 is 0 Å².